The number of aromatic nitrogens is 2. The third kappa shape index (κ3) is 4.63. The van der Waals surface area contributed by atoms with Crippen molar-refractivity contribution >= 4 is 5.96 Å². The number of halogens is 3. The average molecular weight is 531 g/mol. The molecule has 39 heavy (non-hydrogen) atoms. The minimum absolute atomic E-state index is 0.0446. The Morgan fingerprint density at radius 2 is 1.41 bits per heavy atom. The van der Waals surface area contributed by atoms with Gasteiger partial charge < -0.3 is 25.9 Å². The third-order valence-corrected chi connectivity index (χ3v) is 7.44. The highest BCUT2D eigenvalue weighted by Crippen LogP contribution is 2.50. The summed E-state index contributed by atoms with van der Waals surface area (Å²) in [5.74, 6) is 0.303. The van der Waals surface area contributed by atoms with Crippen molar-refractivity contribution in [3.63, 3.8) is 0 Å². The molecule has 6 nitrogen and oxygen atoms in total. The second kappa shape index (κ2) is 10.1. The zero-order valence-corrected chi connectivity index (χ0v) is 21.1. The SMILES string of the molecule is FC(F)(F)C1=CN=C(NC2CCCNC2)NC1(c1c[nH]cc1-c1ccccc1)c1c[nH]cc1-c1ccccc1. The summed E-state index contributed by atoms with van der Waals surface area (Å²) in [6.07, 6.45) is 4.98. The van der Waals surface area contributed by atoms with Crippen molar-refractivity contribution in [2.45, 2.75) is 30.6 Å². The number of hydrogen-bond donors (Lipinski definition) is 5. The van der Waals surface area contributed by atoms with Crippen molar-refractivity contribution in [3.05, 3.63) is 108 Å². The van der Waals surface area contributed by atoms with E-state index >= 15 is 13.2 Å². The van der Waals surface area contributed by atoms with E-state index in [1.807, 2.05) is 60.7 Å². The van der Waals surface area contributed by atoms with Gasteiger partial charge in [0.05, 0.1) is 5.57 Å². The molecule has 4 aromatic rings. The van der Waals surface area contributed by atoms with E-state index in [9.17, 15) is 0 Å². The molecule has 1 atom stereocenters. The molecule has 1 unspecified atom stereocenters. The summed E-state index contributed by atoms with van der Waals surface area (Å²) in [5, 5.41) is 9.99. The number of piperidine rings is 1. The number of H-pyrrole nitrogens is 2. The molecule has 0 amide bonds. The number of nitrogens with zero attached hydrogens (tertiary/aromatic N) is 1. The maximum atomic E-state index is 15.0. The lowest BCUT2D eigenvalue weighted by atomic mass is 9.73. The summed E-state index contributed by atoms with van der Waals surface area (Å²) in [4.78, 5) is 10.4. The standard InChI is InChI=1S/C30H29F3N6/c31-30(32,33)27-19-37-28(38-22-12-7-13-34-14-22)39-29(27,25-17-35-15-23(25)20-8-3-1-4-9-20)26-18-36-16-24(26)21-10-5-2-6-11-21/h1-6,8-11,15-19,22,34-36H,7,12-14H2,(H2,37,38,39). The van der Waals surface area contributed by atoms with E-state index in [0.29, 0.717) is 34.8 Å². The van der Waals surface area contributed by atoms with Crippen LogP contribution in [0.5, 0.6) is 0 Å². The minimum atomic E-state index is -4.68. The van der Waals surface area contributed by atoms with Gasteiger partial charge in [0, 0.05) is 65.8 Å². The largest absolute Gasteiger partial charge is 0.417 e. The topological polar surface area (TPSA) is 80.0 Å². The lowest BCUT2D eigenvalue weighted by Gasteiger charge is -2.42. The van der Waals surface area contributed by atoms with E-state index in [-0.39, 0.29) is 6.04 Å². The Balaban J connectivity index is 1.59. The van der Waals surface area contributed by atoms with Gasteiger partial charge in [0.2, 0.25) is 0 Å². The Bertz CT molecular complexity index is 1400. The van der Waals surface area contributed by atoms with E-state index < -0.39 is 17.3 Å². The van der Waals surface area contributed by atoms with Gasteiger partial charge in [0.25, 0.3) is 0 Å². The van der Waals surface area contributed by atoms with Crippen molar-refractivity contribution in [1.29, 1.82) is 0 Å². The Morgan fingerprint density at radius 1 is 0.821 bits per heavy atom. The molecule has 0 aliphatic carbocycles. The van der Waals surface area contributed by atoms with Crippen LogP contribution < -0.4 is 16.0 Å². The molecule has 1 fully saturated rings. The molecule has 4 heterocycles. The molecule has 2 aromatic carbocycles. The lowest BCUT2D eigenvalue weighted by molar-refractivity contribution is -0.101. The van der Waals surface area contributed by atoms with Crippen molar-refractivity contribution in [2.75, 3.05) is 13.1 Å². The van der Waals surface area contributed by atoms with Crippen molar-refractivity contribution < 1.29 is 13.2 Å². The van der Waals surface area contributed by atoms with Gasteiger partial charge in [-0.15, -0.1) is 0 Å². The van der Waals surface area contributed by atoms with Crippen LogP contribution >= 0.6 is 0 Å². The van der Waals surface area contributed by atoms with Gasteiger partial charge in [0.1, 0.15) is 5.54 Å². The molecule has 2 aromatic heterocycles. The smallest absolute Gasteiger partial charge is 0.367 e. The number of aliphatic imine (C=N–C) groups is 1. The monoisotopic (exact) mass is 530 g/mol. The first-order chi connectivity index (χ1) is 19.0. The Hall–Kier alpha value is -4.24. The number of alkyl halides is 3. The van der Waals surface area contributed by atoms with Crippen LogP contribution in [0, 0.1) is 0 Å². The molecule has 9 heteroatoms. The van der Waals surface area contributed by atoms with Crippen LogP contribution in [0.25, 0.3) is 22.3 Å². The number of rotatable bonds is 5. The van der Waals surface area contributed by atoms with E-state index in [1.54, 1.807) is 24.8 Å². The molecular weight excluding hydrogens is 501 g/mol. The van der Waals surface area contributed by atoms with E-state index in [4.69, 9.17) is 0 Å². The quantitative estimate of drug-likeness (QED) is 0.231. The molecule has 2 aliphatic heterocycles. The van der Waals surface area contributed by atoms with Gasteiger partial charge in [-0.1, -0.05) is 60.7 Å². The van der Waals surface area contributed by atoms with Crippen LogP contribution in [0.4, 0.5) is 13.2 Å². The van der Waals surface area contributed by atoms with Gasteiger partial charge in [-0.2, -0.15) is 13.2 Å². The highest BCUT2D eigenvalue weighted by Gasteiger charge is 2.55. The summed E-state index contributed by atoms with van der Waals surface area (Å²) >= 11 is 0. The third-order valence-electron chi connectivity index (χ3n) is 7.44. The Morgan fingerprint density at radius 3 is 1.92 bits per heavy atom. The molecule has 1 saturated heterocycles. The number of nitrogens with one attached hydrogen (secondary N) is 5. The number of benzene rings is 2. The molecule has 0 bridgehead atoms. The molecule has 0 spiro atoms. The summed E-state index contributed by atoms with van der Waals surface area (Å²) in [5.41, 5.74) is 1.24. The predicted molar refractivity (Wildman–Crippen MR) is 147 cm³/mol. The summed E-state index contributed by atoms with van der Waals surface area (Å²) < 4.78 is 45.1. The Kier molecular flexibility index (Phi) is 6.52. The molecule has 0 saturated carbocycles. The second-order valence-electron chi connectivity index (χ2n) is 9.88. The molecule has 5 N–H and O–H groups in total. The highest BCUT2D eigenvalue weighted by atomic mass is 19.4. The van der Waals surface area contributed by atoms with Crippen LogP contribution in [0.1, 0.15) is 24.0 Å². The number of hydrogen-bond acceptors (Lipinski definition) is 4. The van der Waals surface area contributed by atoms with Crippen molar-refractivity contribution in [2.24, 2.45) is 4.99 Å². The number of aromatic amines is 2. The van der Waals surface area contributed by atoms with Crippen LogP contribution in [0.2, 0.25) is 0 Å². The normalized spacial score (nSPS) is 19.1. The Labute approximate surface area is 224 Å². The van der Waals surface area contributed by atoms with E-state index in [2.05, 4.69) is 30.9 Å². The molecule has 2 aliphatic rings. The summed E-state index contributed by atoms with van der Waals surface area (Å²) in [6.45, 7) is 1.64. The highest BCUT2D eigenvalue weighted by molar-refractivity contribution is 5.87. The predicted octanol–water partition coefficient (Wildman–Crippen LogP) is 5.67. The fourth-order valence-corrected chi connectivity index (χ4v) is 5.66. The number of guanidine groups is 1. The van der Waals surface area contributed by atoms with Crippen LogP contribution in [0.3, 0.4) is 0 Å². The lowest BCUT2D eigenvalue weighted by Crippen LogP contribution is -2.59. The zero-order valence-electron chi connectivity index (χ0n) is 21.1. The molecule has 6 rings (SSSR count). The van der Waals surface area contributed by atoms with Gasteiger partial charge in [-0.25, -0.2) is 4.99 Å². The first kappa shape index (κ1) is 25.1. The van der Waals surface area contributed by atoms with Crippen LogP contribution in [0.15, 0.2) is 102 Å². The average Bonchev–Trinajstić information content (AvgIpc) is 3.65. The maximum absolute atomic E-state index is 15.0. The summed E-state index contributed by atoms with van der Waals surface area (Å²) in [6, 6.07) is 18.9. The second-order valence-corrected chi connectivity index (χ2v) is 9.88. The molecule has 0 radical (unpaired) electrons. The van der Waals surface area contributed by atoms with Crippen molar-refractivity contribution in [1.82, 2.24) is 25.9 Å². The molecular formula is C30H29F3N6. The van der Waals surface area contributed by atoms with Gasteiger partial charge in [0.15, 0.2) is 5.96 Å². The maximum Gasteiger partial charge on any atom is 0.417 e. The zero-order chi connectivity index (χ0) is 26.9. The van der Waals surface area contributed by atoms with E-state index in [0.717, 1.165) is 36.7 Å². The first-order valence-electron chi connectivity index (χ1n) is 13.0. The van der Waals surface area contributed by atoms with Gasteiger partial charge in [-0.05, 0) is 30.5 Å². The van der Waals surface area contributed by atoms with Gasteiger partial charge >= 0.3 is 6.18 Å². The summed E-state index contributed by atoms with van der Waals surface area (Å²) in [7, 11) is 0. The van der Waals surface area contributed by atoms with Crippen LogP contribution in [-0.2, 0) is 5.54 Å². The molecule has 200 valence electrons. The minimum Gasteiger partial charge on any atom is -0.367 e. The van der Waals surface area contributed by atoms with Crippen LogP contribution in [-0.4, -0.2) is 41.2 Å². The van der Waals surface area contributed by atoms with Gasteiger partial charge in [-0.3, -0.25) is 0 Å². The fourth-order valence-electron chi connectivity index (χ4n) is 5.66. The fraction of sp³-hybridized carbons (Fsp3) is 0.233. The van der Waals surface area contributed by atoms with Crippen molar-refractivity contribution in [3.8, 4) is 22.3 Å². The first-order valence-corrected chi connectivity index (χ1v) is 13.0. The van der Waals surface area contributed by atoms with E-state index in [1.165, 1.54) is 0 Å².